The van der Waals surface area contributed by atoms with Crippen LogP contribution in [0.25, 0.3) is 0 Å². The molecule has 0 bridgehead atoms. The maximum atomic E-state index is 10.7. The lowest BCUT2D eigenvalue weighted by Crippen LogP contribution is -2.32. The Bertz CT molecular complexity index is 676. The van der Waals surface area contributed by atoms with Crippen LogP contribution in [0.4, 0.5) is 0 Å². The van der Waals surface area contributed by atoms with E-state index in [9.17, 15) is 4.79 Å². The zero-order valence-corrected chi connectivity index (χ0v) is 14.3. The molecule has 8 nitrogen and oxygen atoms in total. The van der Waals surface area contributed by atoms with E-state index in [2.05, 4.69) is 5.16 Å². The summed E-state index contributed by atoms with van der Waals surface area (Å²) < 4.78 is 20.9. The van der Waals surface area contributed by atoms with E-state index in [1.165, 1.54) is 6.07 Å². The fraction of sp³-hybridized carbons (Fsp3) is 0.333. The van der Waals surface area contributed by atoms with E-state index < -0.39 is 12.0 Å². The van der Waals surface area contributed by atoms with Crippen LogP contribution in [0.5, 0.6) is 17.4 Å². The van der Waals surface area contributed by atoms with Gasteiger partial charge in [-0.2, -0.15) is 13.5 Å². The minimum Gasteiger partial charge on any atom is -0.497 e. The molecular weight excluding hydrogens is 336 g/mol. The Morgan fingerprint density at radius 1 is 1.33 bits per heavy atom. The van der Waals surface area contributed by atoms with Gasteiger partial charge in [0, 0.05) is 24.1 Å². The van der Waals surface area contributed by atoms with E-state index in [0.717, 1.165) is 5.56 Å². The van der Waals surface area contributed by atoms with E-state index in [1.54, 1.807) is 26.4 Å². The molecule has 0 saturated carbocycles. The average Bonchev–Trinajstić information content (AvgIpc) is 3.00. The van der Waals surface area contributed by atoms with Crippen molar-refractivity contribution in [3.8, 4) is 17.4 Å². The van der Waals surface area contributed by atoms with Gasteiger partial charge in [-0.15, -0.1) is 0 Å². The molecule has 1 aromatic heterocycles. The molecule has 0 aliphatic carbocycles. The SMILES string of the molecule is COc1ccc(COc2cc(C[C@H](N)C(=O)O)on2)c(OC)c1.S. The summed E-state index contributed by atoms with van der Waals surface area (Å²) in [6.07, 6.45) is 0.0392. The quantitative estimate of drug-likeness (QED) is 0.728. The van der Waals surface area contributed by atoms with E-state index in [4.69, 9.17) is 29.6 Å². The van der Waals surface area contributed by atoms with Crippen molar-refractivity contribution in [3.05, 3.63) is 35.6 Å². The Labute approximate surface area is 145 Å². The van der Waals surface area contributed by atoms with Gasteiger partial charge in [-0.05, 0) is 17.3 Å². The van der Waals surface area contributed by atoms with Crippen LogP contribution in [0.3, 0.4) is 0 Å². The molecule has 0 unspecified atom stereocenters. The third-order valence-corrected chi connectivity index (χ3v) is 3.15. The number of nitrogens with zero attached hydrogens (tertiary/aromatic N) is 1. The lowest BCUT2D eigenvalue weighted by molar-refractivity contribution is -0.138. The summed E-state index contributed by atoms with van der Waals surface area (Å²) in [5.74, 6) is 0.789. The number of methoxy groups -OCH3 is 2. The van der Waals surface area contributed by atoms with Crippen LogP contribution in [-0.4, -0.2) is 36.5 Å². The molecule has 3 N–H and O–H groups in total. The molecule has 132 valence electrons. The molecule has 0 fully saturated rings. The maximum absolute atomic E-state index is 10.7. The number of benzene rings is 1. The van der Waals surface area contributed by atoms with Crippen molar-refractivity contribution >= 4 is 19.5 Å². The second-order valence-electron chi connectivity index (χ2n) is 4.75. The van der Waals surface area contributed by atoms with Gasteiger partial charge in [0.1, 0.15) is 29.9 Å². The number of carbonyl (C=O) groups is 1. The first-order valence-electron chi connectivity index (χ1n) is 6.81. The minimum absolute atomic E-state index is 0. The van der Waals surface area contributed by atoms with Crippen molar-refractivity contribution in [2.75, 3.05) is 14.2 Å². The third kappa shape index (κ3) is 5.07. The van der Waals surface area contributed by atoms with Crippen LogP contribution >= 0.6 is 13.5 Å². The third-order valence-electron chi connectivity index (χ3n) is 3.15. The van der Waals surface area contributed by atoms with Gasteiger partial charge in [-0.3, -0.25) is 4.79 Å². The Kier molecular flexibility index (Phi) is 7.40. The minimum atomic E-state index is -1.10. The van der Waals surface area contributed by atoms with E-state index >= 15 is 0 Å². The second kappa shape index (κ2) is 9.04. The monoisotopic (exact) mass is 356 g/mol. The maximum Gasteiger partial charge on any atom is 0.320 e. The lowest BCUT2D eigenvalue weighted by Gasteiger charge is -2.10. The summed E-state index contributed by atoms with van der Waals surface area (Å²) in [7, 11) is 3.13. The van der Waals surface area contributed by atoms with Crippen LogP contribution in [-0.2, 0) is 17.8 Å². The van der Waals surface area contributed by atoms with Gasteiger partial charge < -0.3 is 29.6 Å². The molecule has 0 amide bonds. The summed E-state index contributed by atoms with van der Waals surface area (Å²) in [5.41, 5.74) is 6.24. The van der Waals surface area contributed by atoms with Crippen LogP contribution < -0.4 is 19.9 Å². The predicted octanol–water partition coefficient (Wildman–Crippen LogP) is 1.34. The number of ether oxygens (including phenoxy) is 3. The van der Waals surface area contributed by atoms with Crippen LogP contribution in [0.2, 0.25) is 0 Å². The molecular formula is C15H20N2O6S. The van der Waals surface area contributed by atoms with Crippen molar-refractivity contribution in [1.29, 1.82) is 0 Å². The lowest BCUT2D eigenvalue weighted by atomic mass is 10.2. The summed E-state index contributed by atoms with van der Waals surface area (Å²) in [6, 6.07) is 5.83. The molecule has 0 saturated heterocycles. The number of hydrogen-bond donors (Lipinski definition) is 2. The van der Waals surface area contributed by atoms with Crippen LogP contribution in [0.15, 0.2) is 28.8 Å². The first kappa shape index (κ1) is 19.7. The number of aliphatic carboxylic acids is 1. The van der Waals surface area contributed by atoms with E-state index in [-0.39, 0.29) is 32.4 Å². The summed E-state index contributed by atoms with van der Waals surface area (Å²) in [6.45, 7) is 0.212. The molecule has 9 heteroatoms. The van der Waals surface area contributed by atoms with Crippen molar-refractivity contribution in [2.45, 2.75) is 19.1 Å². The van der Waals surface area contributed by atoms with Gasteiger partial charge in [-0.1, -0.05) is 0 Å². The zero-order valence-electron chi connectivity index (χ0n) is 13.3. The van der Waals surface area contributed by atoms with Gasteiger partial charge >= 0.3 is 5.97 Å². The standard InChI is InChI=1S/C15H18N2O6.H2S/c1-20-10-4-3-9(13(6-10)21-2)8-22-14-7-11(23-17-14)5-12(16)15(18)19;/h3-4,6-7,12H,5,8,16H2,1-2H3,(H,18,19);1H2/t12-;/m0./s1. The second-order valence-corrected chi connectivity index (χ2v) is 4.75. The van der Waals surface area contributed by atoms with Gasteiger partial charge in [0.2, 0.25) is 0 Å². The Hall–Kier alpha value is -2.39. The van der Waals surface area contributed by atoms with E-state index in [0.29, 0.717) is 17.3 Å². The fourth-order valence-corrected chi connectivity index (χ4v) is 1.89. The molecule has 1 aromatic carbocycles. The average molecular weight is 356 g/mol. The number of rotatable bonds is 8. The predicted molar refractivity (Wildman–Crippen MR) is 90.1 cm³/mol. The first-order chi connectivity index (χ1) is 11.0. The van der Waals surface area contributed by atoms with Crippen LogP contribution in [0, 0.1) is 0 Å². The highest BCUT2D eigenvalue weighted by molar-refractivity contribution is 7.59. The van der Waals surface area contributed by atoms with E-state index in [1.807, 2.05) is 6.07 Å². The fourth-order valence-electron chi connectivity index (χ4n) is 1.89. The Morgan fingerprint density at radius 3 is 2.71 bits per heavy atom. The Morgan fingerprint density at radius 2 is 2.08 bits per heavy atom. The first-order valence-corrected chi connectivity index (χ1v) is 6.81. The highest BCUT2D eigenvalue weighted by Gasteiger charge is 2.16. The topological polar surface area (TPSA) is 117 Å². The number of hydrogen-bond acceptors (Lipinski definition) is 7. The molecule has 2 aromatic rings. The van der Waals surface area contributed by atoms with Gasteiger partial charge in [0.15, 0.2) is 0 Å². The zero-order chi connectivity index (χ0) is 16.8. The van der Waals surface area contributed by atoms with Gasteiger partial charge in [0.05, 0.1) is 14.2 Å². The number of carboxylic acid groups (broad SMARTS) is 1. The number of carboxylic acids is 1. The summed E-state index contributed by atoms with van der Waals surface area (Å²) >= 11 is 0. The molecule has 0 spiro atoms. The molecule has 0 aliphatic heterocycles. The number of nitrogens with two attached hydrogens (primary N) is 1. The summed E-state index contributed by atoms with van der Waals surface area (Å²) in [5, 5.41) is 12.5. The molecule has 2 rings (SSSR count). The molecule has 1 heterocycles. The van der Waals surface area contributed by atoms with Crippen LogP contribution in [0.1, 0.15) is 11.3 Å². The highest BCUT2D eigenvalue weighted by Crippen LogP contribution is 2.25. The highest BCUT2D eigenvalue weighted by atomic mass is 32.1. The Balaban J connectivity index is 0.00000288. The van der Waals surface area contributed by atoms with Crippen molar-refractivity contribution in [2.24, 2.45) is 5.73 Å². The number of aromatic nitrogens is 1. The van der Waals surface area contributed by atoms with Crippen molar-refractivity contribution < 1.29 is 28.6 Å². The van der Waals surface area contributed by atoms with Crippen molar-refractivity contribution in [3.63, 3.8) is 0 Å². The van der Waals surface area contributed by atoms with Gasteiger partial charge in [0.25, 0.3) is 5.88 Å². The molecule has 0 radical (unpaired) electrons. The normalized spacial score (nSPS) is 11.3. The smallest absolute Gasteiger partial charge is 0.320 e. The molecule has 1 atom stereocenters. The van der Waals surface area contributed by atoms with Crippen molar-refractivity contribution in [1.82, 2.24) is 5.16 Å². The molecule has 0 aliphatic rings. The largest absolute Gasteiger partial charge is 0.497 e. The molecule has 24 heavy (non-hydrogen) atoms. The summed E-state index contributed by atoms with van der Waals surface area (Å²) in [4.78, 5) is 10.7. The van der Waals surface area contributed by atoms with Gasteiger partial charge in [-0.25, -0.2) is 0 Å².